The van der Waals surface area contributed by atoms with Crippen LogP contribution in [0.25, 0.3) is 0 Å². The summed E-state index contributed by atoms with van der Waals surface area (Å²) in [6.45, 7) is 1.21. The van der Waals surface area contributed by atoms with Crippen molar-refractivity contribution >= 4 is 27.8 Å². The smallest absolute Gasteiger partial charge is 0.270 e. The van der Waals surface area contributed by atoms with Crippen molar-refractivity contribution in [3.8, 4) is 5.75 Å². The highest BCUT2D eigenvalue weighted by Gasteiger charge is 2.27. The first-order valence-electron chi connectivity index (χ1n) is 10.5. The summed E-state index contributed by atoms with van der Waals surface area (Å²) in [6.07, 6.45) is 1.24. The molecule has 11 heteroatoms. The summed E-state index contributed by atoms with van der Waals surface area (Å²) >= 11 is 0. The van der Waals surface area contributed by atoms with Crippen molar-refractivity contribution in [1.82, 2.24) is 9.73 Å². The van der Waals surface area contributed by atoms with Gasteiger partial charge in [0.15, 0.2) is 0 Å². The van der Waals surface area contributed by atoms with Gasteiger partial charge in [-0.1, -0.05) is 42.5 Å². The van der Waals surface area contributed by atoms with E-state index in [2.05, 4.69) is 10.5 Å². The van der Waals surface area contributed by atoms with E-state index in [-0.39, 0.29) is 17.1 Å². The van der Waals surface area contributed by atoms with Crippen molar-refractivity contribution in [2.45, 2.75) is 18.4 Å². The van der Waals surface area contributed by atoms with Gasteiger partial charge in [-0.25, -0.2) is 13.8 Å². The number of rotatable bonds is 10. The molecule has 0 radical (unpaired) electrons. The second-order valence-corrected chi connectivity index (χ2v) is 9.47. The van der Waals surface area contributed by atoms with Gasteiger partial charge in [0.25, 0.3) is 11.6 Å². The molecule has 0 fully saturated rings. The average molecular weight is 497 g/mol. The van der Waals surface area contributed by atoms with Crippen molar-refractivity contribution in [3.63, 3.8) is 0 Å². The highest BCUT2D eigenvalue weighted by atomic mass is 32.2. The third kappa shape index (κ3) is 6.71. The third-order valence-electron chi connectivity index (χ3n) is 5.01. The number of hydrogen-bond donors (Lipinski definition) is 1. The van der Waals surface area contributed by atoms with Crippen LogP contribution in [0.4, 0.5) is 5.69 Å². The van der Waals surface area contributed by atoms with E-state index in [1.54, 1.807) is 43.3 Å². The van der Waals surface area contributed by atoms with Crippen LogP contribution in [0.3, 0.4) is 0 Å². The van der Waals surface area contributed by atoms with Gasteiger partial charge in [-0.2, -0.15) is 9.41 Å². The van der Waals surface area contributed by atoms with Gasteiger partial charge in [0, 0.05) is 24.2 Å². The Balaban J connectivity index is 1.80. The number of nitrogens with zero attached hydrogens (tertiary/aromatic N) is 3. The van der Waals surface area contributed by atoms with Gasteiger partial charge in [0.2, 0.25) is 10.0 Å². The second kappa shape index (κ2) is 11.4. The Morgan fingerprint density at radius 2 is 1.86 bits per heavy atom. The fourth-order valence-corrected chi connectivity index (χ4v) is 4.74. The quantitative estimate of drug-likeness (QED) is 0.260. The summed E-state index contributed by atoms with van der Waals surface area (Å²) in [4.78, 5) is 23.0. The minimum Gasteiger partial charge on any atom is -0.496 e. The van der Waals surface area contributed by atoms with Gasteiger partial charge in [-0.3, -0.25) is 14.9 Å². The van der Waals surface area contributed by atoms with Crippen molar-refractivity contribution < 1.29 is 22.9 Å². The molecule has 182 valence electrons. The Morgan fingerprint density at radius 3 is 2.51 bits per heavy atom. The predicted octanol–water partition coefficient (Wildman–Crippen LogP) is 3.25. The van der Waals surface area contributed by atoms with Crippen LogP contribution in [-0.4, -0.2) is 43.4 Å². The molecule has 0 atom stereocenters. The van der Waals surface area contributed by atoms with Crippen LogP contribution in [0.1, 0.15) is 16.7 Å². The Hall–Kier alpha value is -4.09. The summed E-state index contributed by atoms with van der Waals surface area (Å²) in [5, 5.41) is 14.7. The number of ether oxygens (including phenoxy) is 1. The first-order chi connectivity index (χ1) is 16.7. The van der Waals surface area contributed by atoms with E-state index < -0.39 is 27.4 Å². The number of nitro benzene ring substituents is 1. The van der Waals surface area contributed by atoms with E-state index in [1.165, 1.54) is 43.7 Å². The molecule has 3 aromatic rings. The number of aryl methyl sites for hydroxylation is 1. The van der Waals surface area contributed by atoms with E-state index in [1.807, 2.05) is 6.07 Å². The molecular formula is C24H24N4O6S. The number of hydrazone groups is 1. The SMILES string of the molecule is COc1ccc(S(=O)(=O)N(CC(=O)NN=Cc2cccc([N+](=O)[O-])c2)Cc2ccccc2)cc1C. The molecule has 35 heavy (non-hydrogen) atoms. The van der Waals surface area contributed by atoms with Gasteiger partial charge in [-0.05, 0) is 36.2 Å². The highest BCUT2D eigenvalue weighted by molar-refractivity contribution is 7.89. The molecule has 3 aromatic carbocycles. The van der Waals surface area contributed by atoms with Crippen molar-refractivity contribution in [2.24, 2.45) is 5.10 Å². The maximum atomic E-state index is 13.4. The minimum atomic E-state index is -4.04. The molecule has 1 amide bonds. The lowest BCUT2D eigenvalue weighted by atomic mass is 10.2. The zero-order valence-corrected chi connectivity index (χ0v) is 19.9. The maximum Gasteiger partial charge on any atom is 0.270 e. The monoisotopic (exact) mass is 496 g/mol. The van der Waals surface area contributed by atoms with Crippen molar-refractivity contribution in [1.29, 1.82) is 0 Å². The zero-order chi connectivity index (χ0) is 25.4. The largest absolute Gasteiger partial charge is 0.496 e. The van der Waals surface area contributed by atoms with Gasteiger partial charge in [0.05, 0.1) is 29.7 Å². The number of carbonyl (C=O) groups excluding carboxylic acids is 1. The Kier molecular flexibility index (Phi) is 8.29. The Labute approximate surface area is 203 Å². The van der Waals surface area contributed by atoms with Crippen LogP contribution in [0.5, 0.6) is 5.75 Å². The minimum absolute atomic E-state index is 0.0274. The summed E-state index contributed by atoms with van der Waals surface area (Å²) in [5.41, 5.74) is 3.91. The number of hydrogen-bond acceptors (Lipinski definition) is 7. The molecule has 0 aliphatic rings. The third-order valence-corrected chi connectivity index (χ3v) is 6.80. The molecule has 0 spiro atoms. The molecule has 0 aromatic heterocycles. The molecule has 1 N–H and O–H groups in total. The molecule has 0 aliphatic carbocycles. The first-order valence-corrected chi connectivity index (χ1v) is 11.9. The van der Waals surface area contributed by atoms with Crippen LogP contribution in [0.15, 0.2) is 82.8 Å². The lowest BCUT2D eigenvalue weighted by Gasteiger charge is -2.22. The summed E-state index contributed by atoms with van der Waals surface area (Å²) in [7, 11) is -2.55. The summed E-state index contributed by atoms with van der Waals surface area (Å²) in [5.74, 6) is -0.122. The van der Waals surface area contributed by atoms with E-state index in [9.17, 15) is 23.3 Å². The van der Waals surface area contributed by atoms with Gasteiger partial charge in [-0.15, -0.1) is 0 Å². The lowest BCUT2D eigenvalue weighted by molar-refractivity contribution is -0.384. The molecular weight excluding hydrogens is 472 g/mol. The van der Waals surface area contributed by atoms with Crippen LogP contribution < -0.4 is 10.2 Å². The number of benzene rings is 3. The number of nitro groups is 1. The molecule has 3 rings (SSSR count). The number of sulfonamides is 1. The molecule has 0 aliphatic heterocycles. The number of non-ortho nitro benzene ring substituents is 1. The maximum absolute atomic E-state index is 13.4. The van der Waals surface area contributed by atoms with Crippen molar-refractivity contribution in [2.75, 3.05) is 13.7 Å². The van der Waals surface area contributed by atoms with E-state index >= 15 is 0 Å². The van der Waals surface area contributed by atoms with Crippen LogP contribution in [-0.2, 0) is 21.4 Å². The van der Waals surface area contributed by atoms with Crippen LogP contribution >= 0.6 is 0 Å². The van der Waals surface area contributed by atoms with Crippen molar-refractivity contribution in [3.05, 3.63) is 99.6 Å². The number of methoxy groups -OCH3 is 1. The van der Waals surface area contributed by atoms with Gasteiger partial charge < -0.3 is 4.74 Å². The zero-order valence-electron chi connectivity index (χ0n) is 19.1. The number of amides is 1. The molecule has 0 unspecified atom stereocenters. The van der Waals surface area contributed by atoms with Gasteiger partial charge >= 0.3 is 0 Å². The van der Waals surface area contributed by atoms with E-state index in [0.29, 0.717) is 22.4 Å². The number of carbonyl (C=O) groups is 1. The molecule has 0 saturated carbocycles. The molecule has 0 saturated heterocycles. The molecule has 0 heterocycles. The van der Waals surface area contributed by atoms with E-state index in [0.717, 1.165) is 4.31 Å². The average Bonchev–Trinajstić information content (AvgIpc) is 2.84. The first kappa shape index (κ1) is 25.5. The highest BCUT2D eigenvalue weighted by Crippen LogP contribution is 2.24. The Bertz CT molecular complexity index is 1340. The van der Waals surface area contributed by atoms with Crippen LogP contribution in [0, 0.1) is 17.0 Å². The van der Waals surface area contributed by atoms with Gasteiger partial charge in [0.1, 0.15) is 5.75 Å². The summed E-state index contributed by atoms with van der Waals surface area (Å²) in [6, 6.07) is 19.1. The van der Waals surface area contributed by atoms with E-state index in [4.69, 9.17) is 4.74 Å². The van der Waals surface area contributed by atoms with Crippen LogP contribution in [0.2, 0.25) is 0 Å². The second-order valence-electron chi connectivity index (χ2n) is 7.54. The molecule has 0 bridgehead atoms. The standard InChI is InChI=1S/C24H24N4O6S/c1-18-13-22(11-12-23(18)34-2)35(32,33)27(16-19-7-4-3-5-8-19)17-24(29)26-25-15-20-9-6-10-21(14-20)28(30)31/h3-15H,16-17H2,1-2H3,(H,26,29). The lowest BCUT2D eigenvalue weighted by Crippen LogP contribution is -2.39. The Morgan fingerprint density at radius 1 is 1.11 bits per heavy atom. The topological polar surface area (TPSA) is 131 Å². The summed E-state index contributed by atoms with van der Waals surface area (Å²) < 4.78 is 33.1. The normalized spacial score (nSPS) is 11.5. The fraction of sp³-hybridized carbons (Fsp3) is 0.167. The number of nitrogens with one attached hydrogen (secondary N) is 1. The molecule has 10 nitrogen and oxygen atoms in total. The fourth-order valence-electron chi connectivity index (χ4n) is 3.27. The predicted molar refractivity (Wildman–Crippen MR) is 131 cm³/mol.